The molecule has 10 nitrogen and oxygen atoms in total. The van der Waals surface area contributed by atoms with Crippen LogP contribution in [0.25, 0.3) is 11.5 Å². The molecule has 0 fully saturated rings. The van der Waals surface area contributed by atoms with E-state index in [-0.39, 0.29) is 24.1 Å². The number of aromatic nitrogens is 6. The molecule has 0 aromatic carbocycles. The van der Waals surface area contributed by atoms with Gasteiger partial charge in [0.2, 0.25) is 0 Å². The summed E-state index contributed by atoms with van der Waals surface area (Å²) in [7, 11) is -0.775. The highest BCUT2D eigenvalue weighted by molar-refractivity contribution is 7.89. The maximum absolute atomic E-state index is 11.4. The topological polar surface area (TPSA) is 131 Å². The van der Waals surface area contributed by atoms with Crippen LogP contribution in [0, 0.1) is 0 Å². The molecule has 0 aliphatic carbocycles. The van der Waals surface area contributed by atoms with Gasteiger partial charge in [0.05, 0.1) is 19.3 Å². The van der Waals surface area contributed by atoms with Gasteiger partial charge in [0.15, 0.2) is 11.5 Å². The molecular formula is C8H13N7O3S. The molecule has 0 unspecified atom stereocenters. The van der Waals surface area contributed by atoms with Crippen molar-refractivity contribution in [3.8, 4) is 11.5 Å². The lowest BCUT2D eigenvalue weighted by molar-refractivity contribution is 0.185. The first-order valence-corrected chi connectivity index (χ1v) is 6.79. The summed E-state index contributed by atoms with van der Waals surface area (Å²) in [6, 6.07) is 0. The minimum atomic E-state index is -3.97. The second-order valence-corrected chi connectivity index (χ2v) is 5.23. The summed E-state index contributed by atoms with van der Waals surface area (Å²) in [4.78, 5) is 0. The molecule has 0 aliphatic rings. The van der Waals surface area contributed by atoms with Crippen molar-refractivity contribution in [2.45, 2.75) is 11.7 Å². The minimum absolute atomic E-state index is 0.237. The first-order chi connectivity index (χ1) is 8.93. The largest absolute Gasteiger partial charge is 0.383 e. The molecule has 0 aliphatic heterocycles. The smallest absolute Gasteiger partial charge is 0.273 e. The summed E-state index contributed by atoms with van der Waals surface area (Å²) in [5.74, 6) is 0.272. The molecule has 0 atom stereocenters. The molecule has 11 heteroatoms. The summed E-state index contributed by atoms with van der Waals surface area (Å²) in [6.45, 7) is 0.523. The lowest BCUT2D eigenvalue weighted by Crippen LogP contribution is -2.20. The van der Waals surface area contributed by atoms with Crippen LogP contribution in [-0.2, 0) is 28.4 Å². The lowest BCUT2D eigenvalue weighted by atomic mass is 10.4. The van der Waals surface area contributed by atoms with Gasteiger partial charge in [0.25, 0.3) is 15.2 Å². The predicted molar refractivity (Wildman–Crippen MR) is 63.3 cm³/mol. The number of ether oxygens (including phenoxy) is 1. The van der Waals surface area contributed by atoms with Crippen molar-refractivity contribution in [3.05, 3.63) is 6.20 Å². The second-order valence-electron chi connectivity index (χ2n) is 3.77. The number of hydrogen-bond acceptors (Lipinski definition) is 7. The van der Waals surface area contributed by atoms with Crippen LogP contribution in [0.15, 0.2) is 11.4 Å². The SMILES string of the molecule is COCCn1c(-c2cn(C)nn2)nnc1S(N)(=O)=O. The number of nitrogens with zero attached hydrogens (tertiary/aromatic N) is 6. The Morgan fingerprint density at radius 2 is 2.11 bits per heavy atom. The molecule has 2 N–H and O–H groups in total. The van der Waals surface area contributed by atoms with E-state index in [0.717, 1.165) is 0 Å². The molecule has 2 heterocycles. The standard InChI is InChI=1S/C8H13N7O3S/c1-14-5-6(10-13-14)7-11-12-8(19(9,16)17)15(7)3-4-18-2/h5H,3-4H2,1-2H3,(H2,9,16,17). The highest BCUT2D eigenvalue weighted by Crippen LogP contribution is 2.17. The van der Waals surface area contributed by atoms with E-state index in [1.807, 2.05) is 0 Å². The number of nitrogens with two attached hydrogens (primary N) is 1. The van der Waals surface area contributed by atoms with Gasteiger partial charge in [-0.25, -0.2) is 13.6 Å². The summed E-state index contributed by atoms with van der Waals surface area (Å²) < 4.78 is 30.6. The lowest BCUT2D eigenvalue weighted by Gasteiger charge is -2.06. The van der Waals surface area contributed by atoms with Crippen molar-refractivity contribution in [2.24, 2.45) is 12.2 Å². The fourth-order valence-corrected chi connectivity index (χ4v) is 2.16. The Morgan fingerprint density at radius 3 is 2.63 bits per heavy atom. The normalized spacial score (nSPS) is 11.9. The van der Waals surface area contributed by atoms with Crippen molar-refractivity contribution in [1.29, 1.82) is 0 Å². The first-order valence-electron chi connectivity index (χ1n) is 5.25. The van der Waals surface area contributed by atoms with E-state index in [1.54, 1.807) is 13.2 Å². The minimum Gasteiger partial charge on any atom is -0.383 e. The Hall–Kier alpha value is -1.85. The maximum Gasteiger partial charge on any atom is 0.273 e. The zero-order chi connectivity index (χ0) is 14.0. The number of aryl methyl sites for hydroxylation is 1. The van der Waals surface area contributed by atoms with E-state index in [1.165, 1.54) is 16.4 Å². The molecule has 19 heavy (non-hydrogen) atoms. The molecule has 0 bridgehead atoms. The number of primary sulfonamides is 1. The molecule has 104 valence electrons. The monoisotopic (exact) mass is 287 g/mol. The fraction of sp³-hybridized carbons (Fsp3) is 0.500. The summed E-state index contributed by atoms with van der Waals surface area (Å²) in [5.41, 5.74) is 0.404. The molecule has 2 rings (SSSR count). The van der Waals surface area contributed by atoms with Crippen LogP contribution in [0.3, 0.4) is 0 Å². The number of hydrogen-bond donors (Lipinski definition) is 1. The molecule has 0 radical (unpaired) electrons. The Morgan fingerprint density at radius 1 is 1.37 bits per heavy atom. The Bertz CT molecular complexity index is 674. The van der Waals surface area contributed by atoms with Gasteiger partial charge in [0, 0.05) is 14.2 Å². The van der Waals surface area contributed by atoms with E-state index in [2.05, 4.69) is 20.5 Å². The third-order valence-electron chi connectivity index (χ3n) is 2.32. The van der Waals surface area contributed by atoms with Crippen LogP contribution in [-0.4, -0.2) is 51.9 Å². The number of methoxy groups -OCH3 is 1. The summed E-state index contributed by atoms with van der Waals surface area (Å²) in [5, 5.41) is 19.8. The Kier molecular flexibility index (Phi) is 3.59. The van der Waals surface area contributed by atoms with Crippen LogP contribution in [0.2, 0.25) is 0 Å². The average molecular weight is 287 g/mol. The quantitative estimate of drug-likeness (QED) is 0.698. The van der Waals surface area contributed by atoms with E-state index < -0.39 is 10.0 Å². The third kappa shape index (κ3) is 2.77. The van der Waals surface area contributed by atoms with Gasteiger partial charge in [-0.3, -0.25) is 9.25 Å². The molecule has 2 aromatic rings. The molecule has 0 saturated heterocycles. The van der Waals surface area contributed by atoms with Crippen LogP contribution in [0.4, 0.5) is 0 Å². The van der Waals surface area contributed by atoms with Crippen molar-refractivity contribution in [3.63, 3.8) is 0 Å². The van der Waals surface area contributed by atoms with Gasteiger partial charge in [-0.15, -0.1) is 15.3 Å². The van der Waals surface area contributed by atoms with Crippen molar-refractivity contribution in [1.82, 2.24) is 29.8 Å². The van der Waals surface area contributed by atoms with Crippen molar-refractivity contribution >= 4 is 10.0 Å². The van der Waals surface area contributed by atoms with E-state index in [4.69, 9.17) is 9.88 Å². The zero-order valence-electron chi connectivity index (χ0n) is 10.4. The van der Waals surface area contributed by atoms with Gasteiger partial charge in [-0.05, 0) is 0 Å². The maximum atomic E-state index is 11.4. The highest BCUT2D eigenvalue weighted by Gasteiger charge is 2.23. The van der Waals surface area contributed by atoms with Crippen LogP contribution >= 0.6 is 0 Å². The molecule has 0 amide bonds. The third-order valence-corrected chi connectivity index (χ3v) is 3.13. The van der Waals surface area contributed by atoms with Crippen LogP contribution in [0.5, 0.6) is 0 Å². The number of sulfonamides is 1. The van der Waals surface area contributed by atoms with Gasteiger partial charge < -0.3 is 4.74 Å². The average Bonchev–Trinajstić information content (AvgIpc) is 2.91. The molecule has 0 spiro atoms. The number of rotatable bonds is 5. The van der Waals surface area contributed by atoms with Gasteiger partial charge >= 0.3 is 0 Å². The van der Waals surface area contributed by atoms with E-state index >= 15 is 0 Å². The van der Waals surface area contributed by atoms with Crippen molar-refractivity contribution < 1.29 is 13.2 Å². The van der Waals surface area contributed by atoms with Crippen molar-refractivity contribution in [2.75, 3.05) is 13.7 Å². The van der Waals surface area contributed by atoms with Gasteiger partial charge in [-0.1, -0.05) is 5.21 Å². The summed E-state index contributed by atoms with van der Waals surface area (Å²) >= 11 is 0. The summed E-state index contributed by atoms with van der Waals surface area (Å²) in [6.07, 6.45) is 1.60. The molecular weight excluding hydrogens is 274 g/mol. The zero-order valence-corrected chi connectivity index (χ0v) is 11.2. The van der Waals surface area contributed by atoms with Gasteiger partial charge in [-0.2, -0.15) is 0 Å². The second kappa shape index (κ2) is 5.03. The van der Waals surface area contributed by atoms with E-state index in [9.17, 15) is 8.42 Å². The molecule has 2 aromatic heterocycles. The van der Waals surface area contributed by atoms with Gasteiger partial charge in [0.1, 0.15) is 0 Å². The Balaban J connectivity index is 2.52. The first kappa shape index (κ1) is 13.6. The predicted octanol–water partition coefficient (Wildman–Crippen LogP) is -1.63. The van der Waals surface area contributed by atoms with E-state index in [0.29, 0.717) is 5.69 Å². The molecule has 0 saturated carbocycles. The fourth-order valence-electron chi connectivity index (χ4n) is 1.52. The Labute approximate surface area is 109 Å². The highest BCUT2D eigenvalue weighted by atomic mass is 32.2. The van der Waals surface area contributed by atoms with Crippen LogP contribution in [0.1, 0.15) is 0 Å². The van der Waals surface area contributed by atoms with Crippen LogP contribution < -0.4 is 5.14 Å².